The van der Waals surface area contributed by atoms with Crippen LogP contribution in [0.4, 0.5) is 0 Å². The zero-order chi connectivity index (χ0) is 23.8. The van der Waals surface area contributed by atoms with E-state index in [0.717, 1.165) is 36.2 Å². The number of aromatic nitrogens is 4. The third kappa shape index (κ3) is 6.19. The van der Waals surface area contributed by atoms with E-state index in [2.05, 4.69) is 21.0 Å². The summed E-state index contributed by atoms with van der Waals surface area (Å²) in [7, 11) is 0. The Bertz CT molecular complexity index is 1290. The SMILES string of the molecule is N#Cc1ccc(C(Cc2ccc(-n3cc(Cl)ccc3=O)nc2)OCCCCc2ncc[nH]2)cc1. The number of nitrogens with one attached hydrogen (secondary N) is 1. The predicted octanol–water partition coefficient (Wildman–Crippen LogP) is 4.80. The van der Waals surface area contributed by atoms with Crippen molar-refractivity contribution in [2.45, 2.75) is 31.8 Å². The quantitative estimate of drug-likeness (QED) is 0.333. The first-order valence-corrected chi connectivity index (χ1v) is 11.4. The summed E-state index contributed by atoms with van der Waals surface area (Å²) in [6.45, 7) is 0.606. The fourth-order valence-corrected chi connectivity index (χ4v) is 3.79. The van der Waals surface area contributed by atoms with Crippen molar-refractivity contribution in [1.29, 1.82) is 5.26 Å². The van der Waals surface area contributed by atoms with Crippen LogP contribution in [0.5, 0.6) is 0 Å². The number of rotatable bonds is 10. The van der Waals surface area contributed by atoms with Gasteiger partial charge in [0.2, 0.25) is 0 Å². The molecule has 3 aromatic heterocycles. The van der Waals surface area contributed by atoms with Crippen LogP contribution in [0.15, 0.2) is 78.1 Å². The molecule has 7 nitrogen and oxygen atoms in total. The van der Waals surface area contributed by atoms with E-state index in [-0.39, 0.29) is 11.7 Å². The molecule has 0 radical (unpaired) electrons. The van der Waals surface area contributed by atoms with Crippen molar-refractivity contribution >= 4 is 11.6 Å². The third-order valence-electron chi connectivity index (χ3n) is 5.45. The van der Waals surface area contributed by atoms with Gasteiger partial charge in [0, 0.05) is 50.3 Å². The highest BCUT2D eigenvalue weighted by Gasteiger charge is 2.14. The van der Waals surface area contributed by atoms with E-state index >= 15 is 0 Å². The topological polar surface area (TPSA) is 96.6 Å². The van der Waals surface area contributed by atoms with Gasteiger partial charge in [-0.1, -0.05) is 29.8 Å². The molecule has 1 atom stereocenters. The fraction of sp³-hybridized carbons (Fsp3) is 0.231. The van der Waals surface area contributed by atoms with Gasteiger partial charge < -0.3 is 9.72 Å². The molecular formula is C26H24ClN5O2. The first-order chi connectivity index (χ1) is 16.6. The molecule has 8 heteroatoms. The highest BCUT2D eigenvalue weighted by Crippen LogP contribution is 2.24. The molecular weight excluding hydrogens is 450 g/mol. The van der Waals surface area contributed by atoms with Gasteiger partial charge in [0.05, 0.1) is 22.8 Å². The van der Waals surface area contributed by atoms with Crippen LogP contribution in [0, 0.1) is 11.3 Å². The molecule has 1 unspecified atom stereocenters. The number of aryl methyl sites for hydroxylation is 1. The van der Waals surface area contributed by atoms with Crippen LogP contribution in [0.1, 0.15) is 41.5 Å². The maximum Gasteiger partial charge on any atom is 0.256 e. The Morgan fingerprint density at radius 3 is 2.65 bits per heavy atom. The number of halogens is 1. The molecule has 0 amide bonds. The average molecular weight is 474 g/mol. The number of nitriles is 1. The van der Waals surface area contributed by atoms with Crippen molar-refractivity contribution in [3.8, 4) is 11.9 Å². The molecule has 34 heavy (non-hydrogen) atoms. The van der Waals surface area contributed by atoms with E-state index in [0.29, 0.717) is 29.4 Å². The van der Waals surface area contributed by atoms with E-state index in [9.17, 15) is 4.79 Å². The minimum absolute atomic E-state index is 0.183. The summed E-state index contributed by atoms with van der Waals surface area (Å²) >= 11 is 6.03. The standard InChI is InChI=1S/C26H24ClN5O2/c27-22-9-11-26(33)32(18-22)25-10-6-20(17-31-25)15-23(21-7-4-19(16-28)5-8-21)34-14-2-1-3-24-29-12-13-30-24/h4-13,17-18,23H,1-3,14-15H2,(H,29,30). The largest absolute Gasteiger partial charge is 0.373 e. The van der Waals surface area contributed by atoms with Gasteiger partial charge in [-0.2, -0.15) is 5.26 Å². The van der Waals surface area contributed by atoms with E-state index in [1.54, 1.807) is 42.9 Å². The summed E-state index contributed by atoms with van der Waals surface area (Å²) < 4.78 is 7.68. The first kappa shape index (κ1) is 23.4. The number of aromatic amines is 1. The van der Waals surface area contributed by atoms with Crippen LogP contribution in [0.3, 0.4) is 0 Å². The number of ether oxygens (including phenoxy) is 1. The average Bonchev–Trinajstić information content (AvgIpc) is 3.39. The summed E-state index contributed by atoms with van der Waals surface area (Å²) in [6, 6.07) is 16.3. The molecule has 0 aliphatic rings. The molecule has 0 aliphatic carbocycles. The van der Waals surface area contributed by atoms with Gasteiger partial charge in [-0.25, -0.2) is 9.97 Å². The molecule has 0 fully saturated rings. The number of nitrogens with zero attached hydrogens (tertiary/aromatic N) is 4. The minimum Gasteiger partial charge on any atom is -0.373 e. The molecule has 0 bridgehead atoms. The lowest BCUT2D eigenvalue weighted by molar-refractivity contribution is 0.0503. The molecule has 3 heterocycles. The second-order valence-corrected chi connectivity index (χ2v) is 8.31. The second-order valence-electron chi connectivity index (χ2n) is 7.87. The Morgan fingerprint density at radius 1 is 1.09 bits per heavy atom. The van der Waals surface area contributed by atoms with Crippen LogP contribution in [0.2, 0.25) is 5.02 Å². The molecule has 4 rings (SSSR count). The summed E-state index contributed by atoms with van der Waals surface area (Å²) in [5.74, 6) is 1.48. The Balaban J connectivity index is 1.44. The van der Waals surface area contributed by atoms with Gasteiger partial charge in [-0.3, -0.25) is 9.36 Å². The Hall–Kier alpha value is -3.73. The van der Waals surface area contributed by atoms with Crippen LogP contribution < -0.4 is 5.56 Å². The summed E-state index contributed by atoms with van der Waals surface area (Å²) in [6.07, 6.45) is 10.1. The zero-order valence-electron chi connectivity index (χ0n) is 18.5. The van der Waals surface area contributed by atoms with Crippen molar-refractivity contribution in [3.05, 3.63) is 111 Å². The van der Waals surface area contributed by atoms with Gasteiger partial charge in [0.15, 0.2) is 0 Å². The fourth-order valence-electron chi connectivity index (χ4n) is 3.63. The molecule has 1 aromatic carbocycles. The van der Waals surface area contributed by atoms with E-state index < -0.39 is 0 Å². The maximum absolute atomic E-state index is 12.1. The number of H-pyrrole nitrogens is 1. The molecule has 0 saturated carbocycles. The lowest BCUT2D eigenvalue weighted by atomic mass is 10.0. The van der Waals surface area contributed by atoms with Gasteiger partial charge in [0.25, 0.3) is 5.56 Å². The van der Waals surface area contributed by atoms with E-state index in [1.807, 2.05) is 24.4 Å². The van der Waals surface area contributed by atoms with E-state index in [4.69, 9.17) is 21.6 Å². The zero-order valence-corrected chi connectivity index (χ0v) is 19.3. The molecule has 1 N–H and O–H groups in total. The van der Waals surface area contributed by atoms with Gasteiger partial charge in [0.1, 0.15) is 11.6 Å². The number of pyridine rings is 2. The number of benzene rings is 1. The summed E-state index contributed by atoms with van der Waals surface area (Å²) in [5.41, 5.74) is 2.39. The number of unbranched alkanes of at least 4 members (excludes halogenated alkanes) is 1. The van der Waals surface area contributed by atoms with Crippen LogP contribution in [-0.2, 0) is 17.6 Å². The highest BCUT2D eigenvalue weighted by atomic mass is 35.5. The van der Waals surface area contributed by atoms with Crippen molar-refractivity contribution in [1.82, 2.24) is 19.5 Å². The lowest BCUT2D eigenvalue weighted by Gasteiger charge is -2.19. The number of hydrogen-bond donors (Lipinski definition) is 1. The lowest BCUT2D eigenvalue weighted by Crippen LogP contribution is -2.17. The minimum atomic E-state index is -0.196. The van der Waals surface area contributed by atoms with Crippen molar-refractivity contribution in [2.24, 2.45) is 0 Å². The Labute approximate surface area is 202 Å². The van der Waals surface area contributed by atoms with E-state index in [1.165, 1.54) is 10.6 Å². The van der Waals surface area contributed by atoms with Gasteiger partial charge >= 0.3 is 0 Å². The van der Waals surface area contributed by atoms with Gasteiger partial charge in [-0.15, -0.1) is 0 Å². The third-order valence-corrected chi connectivity index (χ3v) is 5.67. The molecule has 0 spiro atoms. The van der Waals surface area contributed by atoms with Crippen LogP contribution >= 0.6 is 11.6 Å². The highest BCUT2D eigenvalue weighted by molar-refractivity contribution is 6.30. The Kier molecular flexibility index (Phi) is 7.87. The molecule has 172 valence electrons. The summed E-state index contributed by atoms with van der Waals surface area (Å²) in [4.78, 5) is 24.0. The van der Waals surface area contributed by atoms with Crippen LogP contribution in [-0.4, -0.2) is 26.1 Å². The maximum atomic E-state index is 12.1. The van der Waals surface area contributed by atoms with Gasteiger partial charge in [-0.05, 0) is 48.2 Å². The predicted molar refractivity (Wildman–Crippen MR) is 130 cm³/mol. The van der Waals surface area contributed by atoms with Crippen LogP contribution in [0.25, 0.3) is 5.82 Å². The smallest absolute Gasteiger partial charge is 0.256 e. The molecule has 4 aromatic rings. The Morgan fingerprint density at radius 2 is 1.94 bits per heavy atom. The summed E-state index contributed by atoms with van der Waals surface area (Å²) in [5, 5.41) is 9.57. The first-order valence-electron chi connectivity index (χ1n) is 11.1. The molecule has 0 saturated heterocycles. The van der Waals surface area contributed by atoms with Crippen molar-refractivity contribution < 1.29 is 4.74 Å². The van der Waals surface area contributed by atoms with Crippen molar-refractivity contribution in [2.75, 3.05) is 6.61 Å². The number of imidazole rings is 1. The number of hydrogen-bond acceptors (Lipinski definition) is 5. The molecule has 0 aliphatic heterocycles. The normalized spacial score (nSPS) is 11.8. The monoisotopic (exact) mass is 473 g/mol. The van der Waals surface area contributed by atoms with Crippen molar-refractivity contribution in [3.63, 3.8) is 0 Å². The second kappa shape index (κ2) is 11.4.